The molecule has 0 fully saturated rings. The zero-order valence-electron chi connectivity index (χ0n) is 13.0. The minimum absolute atomic E-state index is 0.0943. The first-order valence-corrected chi connectivity index (χ1v) is 7.31. The summed E-state index contributed by atoms with van der Waals surface area (Å²) in [6.07, 6.45) is 2.42. The van der Waals surface area contributed by atoms with Crippen molar-refractivity contribution in [1.82, 2.24) is 15.1 Å². The molecule has 0 bridgehead atoms. The van der Waals surface area contributed by atoms with Crippen LogP contribution in [0.1, 0.15) is 58.0 Å². The molecule has 1 rings (SSSR count). The normalized spacial score (nSPS) is 12.1. The fourth-order valence-corrected chi connectivity index (χ4v) is 2.22. The quantitative estimate of drug-likeness (QED) is 0.823. The molecule has 0 aliphatic rings. The molecule has 0 aromatic carbocycles. The molecule has 0 amide bonds. The van der Waals surface area contributed by atoms with Crippen molar-refractivity contribution in [3.05, 3.63) is 17.0 Å². The Balaban J connectivity index is 2.95. The van der Waals surface area contributed by atoms with Crippen LogP contribution in [-0.4, -0.2) is 22.0 Å². The third-order valence-electron chi connectivity index (χ3n) is 3.22. The topological polar surface area (TPSA) is 29.9 Å². The van der Waals surface area contributed by atoms with E-state index in [1.165, 1.54) is 11.3 Å². The van der Waals surface area contributed by atoms with Gasteiger partial charge in [0.05, 0.1) is 12.4 Å². The second-order valence-corrected chi connectivity index (χ2v) is 5.95. The molecule has 0 saturated heterocycles. The van der Waals surface area contributed by atoms with E-state index in [1.807, 2.05) is 4.68 Å². The van der Waals surface area contributed by atoms with E-state index in [-0.39, 0.29) is 12.2 Å². The first-order valence-electron chi connectivity index (χ1n) is 7.31. The fraction of sp³-hybridized carbons (Fsp3) is 0.800. The van der Waals surface area contributed by atoms with Crippen molar-refractivity contribution < 1.29 is 4.39 Å². The highest BCUT2D eigenvalue weighted by atomic mass is 19.1. The number of alkyl halides is 1. The number of rotatable bonds is 7. The summed E-state index contributed by atoms with van der Waals surface area (Å²) in [4.78, 5) is 0. The van der Waals surface area contributed by atoms with Crippen LogP contribution in [0.2, 0.25) is 0 Å². The molecule has 4 heteroatoms. The highest BCUT2D eigenvalue weighted by molar-refractivity contribution is 5.27. The van der Waals surface area contributed by atoms with Gasteiger partial charge in [-0.25, -0.2) is 0 Å². The molecule has 0 saturated carbocycles. The Hall–Kier alpha value is -0.900. The van der Waals surface area contributed by atoms with Crippen LogP contribution in [0, 0.1) is 0 Å². The summed E-state index contributed by atoms with van der Waals surface area (Å²) < 4.78 is 14.4. The number of nitrogens with zero attached hydrogens (tertiary/aromatic N) is 2. The molecule has 0 unspecified atom stereocenters. The van der Waals surface area contributed by atoms with Crippen molar-refractivity contribution in [2.24, 2.45) is 0 Å². The van der Waals surface area contributed by atoms with Gasteiger partial charge in [0, 0.05) is 29.9 Å². The lowest BCUT2D eigenvalue weighted by Gasteiger charge is -2.21. The number of hydrogen-bond acceptors (Lipinski definition) is 2. The Labute approximate surface area is 116 Å². The summed E-state index contributed by atoms with van der Waals surface area (Å²) in [5, 5.41) is 8.18. The minimum Gasteiger partial charge on any atom is -0.308 e. The largest absolute Gasteiger partial charge is 0.308 e. The van der Waals surface area contributed by atoms with Crippen molar-refractivity contribution in [2.45, 2.75) is 72.5 Å². The number of nitrogens with one attached hydrogen (secondary N) is 1. The molecule has 1 aromatic rings. The van der Waals surface area contributed by atoms with E-state index in [1.54, 1.807) is 0 Å². The van der Waals surface area contributed by atoms with Crippen molar-refractivity contribution in [3.63, 3.8) is 0 Å². The third kappa shape index (κ3) is 4.60. The molecule has 3 nitrogen and oxygen atoms in total. The molecule has 0 spiro atoms. The van der Waals surface area contributed by atoms with Crippen LogP contribution >= 0.6 is 0 Å². The number of hydrogen-bond donors (Lipinski definition) is 1. The smallest absolute Gasteiger partial charge is 0.0912 e. The van der Waals surface area contributed by atoms with Crippen molar-refractivity contribution in [2.75, 3.05) is 6.67 Å². The van der Waals surface area contributed by atoms with E-state index < -0.39 is 0 Å². The van der Waals surface area contributed by atoms with Crippen LogP contribution in [0.25, 0.3) is 0 Å². The maximum atomic E-state index is 12.4. The van der Waals surface area contributed by atoms with E-state index in [9.17, 15) is 4.39 Å². The van der Waals surface area contributed by atoms with Gasteiger partial charge in [0.1, 0.15) is 0 Å². The molecule has 110 valence electrons. The molecule has 0 aliphatic heterocycles. The molecule has 1 aromatic heterocycles. The predicted molar refractivity (Wildman–Crippen MR) is 78.2 cm³/mol. The van der Waals surface area contributed by atoms with E-state index in [4.69, 9.17) is 0 Å². The number of aryl methyl sites for hydroxylation is 2. The minimum atomic E-state index is -0.278. The van der Waals surface area contributed by atoms with Crippen LogP contribution in [0.4, 0.5) is 4.39 Å². The summed E-state index contributed by atoms with van der Waals surface area (Å²) in [7, 11) is 0. The zero-order chi connectivity index (χ0) is 14.5. The van der Waals surface area contributed by atoms with E-state index >= 15 is 0 Å². The molecule has 0 radical (unpaired) electrons. The van der Waals surface area contributed by atoms with Gasteiger partial charge in [-0.05, 0) is 40.0 Å². The van der Waals surface area contributed by atoms with Gasteiger partial charge in [-0.3, -0.25) is 9.07 Å². The van der Waals surface area contributed by atoms with E-state index in [2.05, 4.69) is 45.0 Å². The van der Waals surface area contributed by atoms with Crippen molar-refractivity contribution >= 4 is 0 Å². The van der Waals surface area contributed by atoms with Gasteiger partial charge in [0.2, 0.25) is 0 Å². The summed E-state index contributed by atoms with van der Waals surface area (Å²) in [6, 6.07) is 0. The second kappa shape index (κ2) is 7.04. The van der Waals surface area contributed by atoms with E-state index in [0.29, 0.717) is 13.0 Å². The maximum Gasteiger partial charge on any atom is 0.0912 e. The summed E-state index contributed by atoms with van der Waals surface area (Å²) >= 11 is 0. The zero-order valence-corrected chi connectivity index (χ0v) is 13.0. The molecule has 1 heterocycles. The number of halogens is 1. The van der Waals surface area contributed by atoms with Gasteiger partial charge in [-0.1, -0.05) is 13.8 Å². The molecular formula is C15H28FN3. The van der Waals surface area contributed by atoms with Gasteiger partial charge in [-0.2, -0.15) is 5.10 Å². The molecule has 1 N–H and O–H groups in total. The first kappa shape index (κ1) is 16.2. The van der Waals surface area contributed by atoms with Gasteiger partial charge in [0.25, 0.3) is 0 Å². The van der Waals surface area contributed by atoms with Crippen molar-refractivity contribution in [3.8, 4) is 0 Å². The Morgan fingerprint density at radius 1 is 1.21 bits per heavy atom. The van der Waals surface area contributed by atoms with Crippen LogP contribution < -0.4 is 5.32 Å². The van der Waals surface area contributed by atoms with Gasteiger partial charge < -0.3 is 5.32 Å². The highest BCUT2D eigenvalue weighted by Gasteiger charge is 2.17. The van der Waals surface area contributed by atoms with Crippen LogP contribution in [0.15, 0.2) is 0 Å². The average molecular weight is 269 g/mol. The lowest BCUT2D eigenvalue weighted by molar-refractivity contribution is 0.420. The summed E-state index contributed by atoms with van der Waals surface area (Å²) in [5.41, 5.74) is 3.80. The van der Waals surface area contributed by atoms with Crippen LogP contribution in [0.5, 0.6) is 0 Å². The van der Waals surface area contributed by atoms with Gasteiger partial charge in [0.15, 0.2) is 0 Å². The summed E-state index contributed by atoms with van der Waals surface area (Å²) in [5.74, 6) is 0. The molecule has 19 heavy (non-hydrogen) atoms. The van der Waals surface area contributed by atoms with Gasteiger partial charge in [-0.15, -0.1) is 0 Å². The second-order valence-electron chi connectivity index (χ2n) is 5.95. The Bertz CT molecular complexity index is 391. The van der Waals surface area contributed by atoms with Crippen molar-refractivity contribution in [1.29, 1.82) is 0 Å². The monoisotopic (exact) mass is 269 g/mol. The highest BCUT2D eigenvalue weighted by Crippen LogP contribution is 2.18. The van der Waals surface area contributed by atoms with E-state index in [0.717, 1.165) is 25.1 Å². The van der Waals surface area contributed by atoms with Crippen LogP contribution in [-0.2, 0) is 25.9 Å². The van der Waals surface area contributed by atoms with Gasteiger partial charge >= 0.3 is 0 Å². The SMILES string of the molecule is CCc1nn(CCCF)c(CC)c1CNC(C)(C)C. The Kier molecular flexibility index (Phi) is 5.98. The lowest BCUT2D eigenvalue weighted by Crippen LogP contribution is -2.35. The molecular weight excluding hydrogens is 241 g/mol. The third-order valence-corrected chi connectivity index (χ3v) is 3.22. The van der Waals surface area contributed by atoms with Crippen LogP contribution in [0.3, 0.4) is 0 Å². The molecule has 0 aliphatic carbocycles. The number of aromatic nitrogens is 2. The lowest BCUT2D eigenvalue weighted by atomic mass is 10.1. The Morgan fingerprint density at radius 2 is 1.89 bits per heavy atom. The molecule has 0 atom stereocenters. The average Bonchev–Trinajstić information content (AvgIpc) is 2.69. The standard InChI is InChI=1S/C15H28FN3/c1-6-13-12(11-17-15(3,4)5)14(7-2)19(18-13)10-8-9-16/h17H,6-11H2,1-5H3. The Morgan fingerprint density at radius 3 is 2.37 bits per heavy atom. The maximum absolute atomic E-state index is 12.4. The summed E-state index contributed by atoms with van der Waals surface area (Å²) in [6.45, 7) is 12.0. The fourth-order valence-electron chi connectivity index (χ4n) is 2.22. The first-order chi connectivity index (χ1) is 8.92. The predicted octanol–water partition coefficient (Wildman–Crippen LogP) is 3.26.